The molecule has 2 rings (SSSR count). The highest BCUT2D eigenvalue weighted by molar-refractivity contribution is 7.92. The Labute approximate surface area is 89.4 Å². The summed E-state index contributed by atoms with van der Waals surface area (Å²) in [5, 5.41) is 2.79. The van der Waals surface area contributed by atoms with E-state index >= 15 is 0 Å². The molecular formula is C9H15N3O2S. The van der Waals surface area contributed by atoms with Gasteiger partial charge in [0.25, 0.3) is 0 Å². The molecule has 1 aromatic heterocycles. The lowest BCUT2D eigenvalue weighted by molar-refractivity contribution is 0.513. The predicted molar refractivity (Wildman–Crippen MR) is 57.4 cm³/mol. The van der Waals surface area contributed by atoms with Crippen LogP contribution >= 0.6 is 0 Å². The maximum atomic E-state index is 11.7. The van der Waals surface area contributed by atoms with Crippen molar-refractivity contribution in [3.05, 3.63) is 18.2 Å². The molecule has 0 saturated carbocycles. The number of nitrogens with one attached hydrogen (secondary N) is 1. The van der Waals surface area contributed by atoms with Crippen molar-refractivity contribution in [3.8, 4) is 0 Å². The summed E-state index contributed by atoms with van der Waals surface area (Å²) in [5.74, 6) is 1.10. The van der Waals surface area contributed by atoms with Gasteiger partial charge in [0.15, 0.2) is 9.84 Å². The van der Waals surface area contributed by atoms with Gasteiger partial charge in [-0.2, -0.15) is 0 Å². The third-order valence-electron chi connectivity index (χ3n) is 2.77. The molecule has 1 aliphatic rings. The molecule has 1 aromatic rings. The first-order valence-corrected chi connectivity index (χ1v) is 6.71. The third kappa shape index (κ3) is 2.21. The second kappa shape index (κ2) is 3.94. The molecule has 5 nitrogen and oxygen atoms in total. The molecule has 0 aliphatic carbocycles. The molecular weight excluding hydrogens is 214 g/mol. The summed E-state index contributed by atoms with van der Waals surface area (Å²) in [6.45, 7) is 3.49. The number of aryl methyl sites for hydroxylation is 1. The molecule has 1 atom stereocenters. The number of hydrogen-bond donors (Lipinski definition) is 1. The minimum atomic E-state index is -2.93. The van der Waals surface area contributed by atoms with Gasteiger partial charge in [0.1, 0.15) is 5.82 Å². The van der Waals surface area contributed by atoms with Crippen molar-refractivity contribution < 1.29 is 8.42 Å². The van der Waals surface area contributed by atoms with E-state index in [9.17, 15) is 8.42 Å². The average molecular weight is 229 g/mol. The first-order chi connectivity index (χ1) is 7.09. The Hall–Kier alpha value is -0.880. The molecule has 1 unspecified atom stereocenters. The Morgan fingerprint density at radius 1 is 1.67 bits per heavy atom. The topological polar surface area (TPSA) is 64.0 Å². The Morgan fingerprint density at radius 3 is 3.07 bits per heavy atom. The fourth-order valence-electron chi connectivity index (χ4n) is 1.77. The zero-order valence-corrected chi connectivity index (χ0v) is 9.50. The van der Waals surface area contributed by atoms with Crippen LogP contribution in [0.25, 0.3) is 0 Å². The summed E-state index contributed by atoms with van der Waals surface area (Å²) in [7, 11) is -2.93. The second-order valence-corrected chi connectivity index (χ2v) is 6.22. The fraction of sp³-hybridized carbons (Fsp3) is 0.667. The quantitative estimate of drug-likeness (QED) is 0.748. The van der Waals surface area contributed by atoms with Crippen LogP contribution in [0.15, 0.2) is 12.4 Å². The summed E-state index contributed by atoms with van der Waals surface area (Å²) in [4.78, 5) is 4.08. The van der Waals surface area contributed by atoms with Crippen molar-refractivity contribution in [1.29, 1.82) is 0 Å². The number of hydrogen-bond acceptors (Lipinski definition) is 4. The van der Waals surface area contributed by atoms with Crippen LogP contribution in [0, 0.1) is 6.92 Å². The van der Waals surface area contributed by atoms with Crippen molar-refractivity contribution in [2.45, 2.75) is 18.7 Å². The minimum absolute atomic E-state index is 0.241. The number of sulfone groups is 1. The lowest BCUT2D eigenvalue weighted by Crippen LogP contribution is -2.46. The SMILES string of the molecule is Cc1nccn1CC1CNCCS1(=O)=O. The Balaban J connectivity index is 2.15. The van der Waals surface area contributed by atoms with Crippen LogP contribution in [0.3, 0.4) is 0 Å². The maximum absolute atomic E-state index is 11.7. The number of rotatable bonds is 2. The van der Waals surface area contributed by atoms with Gasteiger partial charge in [-0.05, 0) is 6.92 Å². The van der Waals surface area contributed by atoms with E-state index in [0.29, 0.717) is 19.6 Å². The standard InChI is InChI=1S/C9H15N3O2S/c1-8-11-2-4-12(8)7-9-6-10-3-5-15(9,13)14/h2,4,9-10H,3,5-7H2,1H3. The van der Waals surface area contributed by atoms with Crippen molar-refractivity contribution in [2.24, 2.45) is 0 Å². The molecule has 1 saturated heterocycles. The van der Waals surface area contributed by atoms with Crippen LogP contribution < -0.4 is 5.32 Å². The summed E-state index contributed by atoms with van der Waals surface area (Å²) in [5.41, 5.74) is 0. The molecule has 0 amide bonds. The molecule has 15 heavy (non-hydrogen) atoms. The van der Waals surface area contributed by atoms with E-state index in [1.807, 2.05) is 17.7 Å². The lowest BCUT2D eigenvalue weighted by Gasteiger charge is -2.23. The van der Waals surface area contributed by atoms with Gasteiger partial charge >= 0.3 is 0 Å². The summed E-state index contributed by atoms with van der Waals surface area (Å²) < 4.78 is 25.4. The highest BCUT2D eigenvalue weighted by atomic mass is 32.2. The van der Waals surface area contributed by atoms with Crippen LogP contribution in [0.1, 0.15) is 5.82 Å². The van der Waals surface area contributed by atoms with Gasteiger partial charge in [-0.3, -0.25) is 0 Å². The number of aromatic nitrogens is 2. The largest absolute Gasteiger partial charge is 0.334 e. The van der Waals surface area contributed by atoms with Gasteiger partial charge in [0.05, 0.1) is 11.0 Å². The smallest absolute Gasteiger partial charge is 0.157 e. The van der Waals surface area contributed by atoms with Crippen LogP contribution in [-0.2, 0) is 16.4 Å². The Kier molecular flexibility index (Phi) is 2.79. The van der Waals surface area contributed by atoms with Gasteiger partial charge in [0.2, 0.25) is 0 Å². The highest BCUT2D eigenvalue weighted by Gasteiger charge is 2.28. The number of imidazole rings is 1. The molecule has 1 aliphatic heterocycles. The molecule has 84 valence electrons. The molecule has 2 heterocycles. The first kappa shape index (κ1) is 10.6. The molecule has 0 bridgehead atoms. The fourth-order valence-corrected chi connectivity index (χ4v) is 3.29. The Bertz CT molecular complexity index is 438. The van der Waals surface area contributed by atoms with Crippen molar-refractivity contribution >= 4 is 9.84 Å². The van der Waals surface area contributed by atoms with Gasteiger partial charge in [-0.25, -0.2) is 13.4 Å². The molecule has 0 radical (unpaired) electrons. The van der Waals surface area contributed by atoms with E-state index in [1.165, 1.54) is 0 Å². The van der Waals surface area contributed by atoms with E-state index in [0.717, 1.165) is 5.82 Å². The average Bonchev–Trinajstić information content (AvgIpc) is 2.56. The second-order valence-electron chi connectivity index (χ2n) is 3.82. The van der Waals surface area contributed by atoms with Crippen LogP contribution in [0.5, 0.6) is 0 Å². The van der Waals surface area contributed by atoms with Crippen molar-refractivity contribution in [2.75, 3.05) is 18.8 Å². The van der Waals surface area contributed by atoms with E-state index in [-0.39, 0.29) is 11.0 Å². The van der Waals surface area contributed by atoms with Crippen molar-refractivity contribution in [3.63, 3.8) is 0 Å². The number of nitrogens with zero attached hydrogens (tertiary/aromatic N) is 2. The third-order valence-corrected chi connectivity index (χ3v) is 4.87. The van der Waals surface area contributed by atoms with Gasteiger partial charge in [-0.15, -0.1) is 0 Å². The minimum Gasteiger partial charge on any atom is -0.334 e. The van der Waals surface area contributed by atoms with Crippen LogP contribution in [-0.4, -0.2) is 42.1 Å². The lowest BCUT2D eigenvalue weighted by atomic mass is 10.4. The molecule has 0 aromatic carbocycles. The zero-order valence-electron chi connectivity index (χ0n) is 8.68. The van der Waals surface area contributed by atoms with E-state index in [2.05, 4.69) is 10.3 Å². The molecule has 1 fully saturated rings. The summed E-state index contributed by atoms with van der Waals surface area (Å²) in [6.07, 6.45) is 3.51. The first-order valence-electron chi connectivity index (χ1n) is 4.99. The normalized spacial score (nSPS) is 25.3. The van der Waals surface area contributed by atoms with Gasteiger partial charge in [0, 0.05) is 32.0 Å². The van der Waals surface area contributed by atoms with Gasteiger partial charge in [-0.1, -0.05) is 0 Å². The van der Waals surface area contributed by atoms with E-state index in [4.69, 9.17) is 0 Å². The monoisotopic (exact) mass is 229 g/mol. The summed E-state index contributed by atoms with van der Waals surface area (Å²) in [6, 6.07) is 0. The maximum Gasteiger partial charge on any atom is 0.157 e. The molecule has 6 heteroatoms. The van der Waals surface area contributed by atoms with E-state index < -0.39 is 9.84 Å². The molecule has 0 spiro atoms. The van der Waals surface area contributed by atoms with Crippen LogP contribution in [0.2, 0.25) is 0 Å². The predicted octanol–water partition coefficient (Wildman–Crippen LogP) is -0.422. The highest BCUT2D eigenvalue weighted by Crippen LogP contribution is 2.10. The molecule has 1 N–H and O–H groups in total. The summed E-state index contributed by atoms with van der Waals surface area (Å²) >= 11 is 0. The van der Waals surface area contributed by atoms with Gasteiger partial charge < -0.3 is 9.88 Å². The Morgan fingerprint density at radius 2 is 2.47 bits per heavy atom. The van der Waals surface area contributed by atoms with E-state index in [1.54, 1.807) is 6.20 Å². The van der Waals surface area contributed by atoms with Crippen LogP contribution in [0.4, 0.5) is 0 Å². The van der Waals surface area contributed by atoms with Crippen molar-refractivity contribution in [1.82, 2.24) is 14.9 Å². The zero-order chi connectivity index (χ0) is 10.9.